The number of hydrogen-bond acceptors (Lipinski definition) is 7. The third-order valence-corrected chi connectivity index (χ3v) is 11.9. The fourth-order valence-corrected chi connectivity index (χ4v) is 8.55. The van der Waals surface area contributed by atoms with E-state index in [9.17, 15) is 33.9 Å². The highest BCUT2D eigenvalue weighted by Gasteiger charge is 2.51. The summed E-state index contributed by atoms with van der Waals surface area (Å²) in [6.07, 6.45) is 10.7. The zero-order valence-electron chi connectivity index (χ0n) is 32.2. The van der Waals surface area contributed by atoms with Gasteiger partial charge in [-0.1, -0.05) is 96.6 Å². The lowest BCUT2D eigenvalue weighted by atomic mass is 9.81. The third-order valence-electron chi connectivity index (χ3n) is 11.9. The number of Topliss-reactive ketones (excluding diaryl/α,β-unsaturated/α-hetero) is 1. The maximum Gasteiger partial charge on any atom is 0.289 e. The largest absolute Gasteiger partial charge is 0.376 e. The number of ketones is 1. The van der Waals surface area contributed by atoms with Gasteiger partial charge >= 0.3 is 0 Å². The molecule has 4 fully saturated rings. The maximum atomic E-state index is 14.9. The molecule has 0 spiro atoms. The van der Waals surface area contributed by atoms with Gasteiger partial charge in [-0.3, -0.25) is 28.8 Å². The van der Waals surface area contributed by atoms with Crippen LogP contribution < -0.4 is 21.3 Å². The van der Waals surface area contributed by atoms with E-state index in [0.29, 0.717) is 37.7 Å². The highest BCUT2D eigenvalue weighted by molar-refractivity contribution is 6.38. The van der Waals surface area contributed by atoms with Crippen molar-refractivity contribution in [3.8, 4) is 0 Å². The minimum absolute atomic E-state index is 0.00286. The van der Waals surface area contributed by atoms with Crippen LogP contribution in [0, 0.1) is 17.3 Å². The zero-order valence-corrected chi connectivity index (χ0v) is 32.2. The summed E-state index contributed by atoms with van der Waals surface area (Å²) >= 11 is 0. The lowest BCUT2D eigenvalue weighted by Crippen LogP contribution is -2.63. The molecule has 7 atom stereocenters. The Morgan fingerprint density at radius 1 is 0.830 bits per heavy atom. The van der Waals surface area contributed by atoms with Gasteiger partial charge in [0, 0.05) is 12.1 Å². The van der Waals surface area contributed by atoms with Gasteiger partial charge in [-0.15, -0.1) is 0 Å². The van der Waals surface area contributed by atoms with Crippen LogP contribution in [-0.4, -0.2) is 81.6 Å². The standard InChI is InChI=1S/C41H61N5O7/c1-6-15-29(33(47)37(50)42-28-22-23-28)43-35(48)31-24-26-18-13-14-21-30(26)46(31)38(51)34(40(2,3)4)45-36(49)32(25-16-9-7-10-17-25)44-39(52)41(5,53)27-19-11-8-12-20-27/h8,11-12,19-20,25-26,28-32,34,53H,6-7,9-10,13-18,21-24H2,1-5H3,(H,42,50)(H,43,48)(H,44,52)(H,45,49)/t26?,29-,30?,31+,32-,34+,41-/m0/s1. The molecule has 0 radical (unpaired) electrons. The maximum absolute atomic E-state index is 14.9. The normalized spacial score (nSPS) is 24.8. The Kier molecular flexibility index (Phi) is 13.0. The summed E-state index contributed by atoms with van der Waals surface area (Å²) < 4.78 is 0. The van der Waals surface area contributed by atoms with Gasteiger partial charge in [0.15, 0.2) is 5.60 Å². The molecule has 3 aliphatic carbocycles. The predicted octanol–water partition coefficient (Wildman–Crippen LogP) is 3.78. The Labute approximate surface area is 314 Å². The molecule has 1 saturated heterocycles. The van der Waals surface area contributed by atoms with E-state index in [1.165, 1.54) is 6.92 Å². The first-order valence-corrected chi connectivity index (χ1v) is 20.0. The van der Waals surface area contributed by atoms with Crippen LogP contribution in [0.4, 0.5) is 0 Å². The van der Waals surface area contributed by atoms with E-state index in [4.69, 9.17) is 0 Å². The van der Waals surface area contributed by atoms with Gasteiger partial charge in [-0.05, 0) is 81.1 Å². The lowest BCUT2D eigenvalue weighted by molar-refractivity contribution is -0.148. The van der Waals surface area contributed by atoms with Crippen molar-refractivity contribution < 1.29 is 33.9 Å². The minimum Gasteiger partial charge on any atom is -0.376 e. The summed E-state index contributed by atoms with van der Waals surface area (Å²) in [5.41, 5.74) is -2.27. The average Bonchev–Trinajstić information content (AvgIpc) is 3.87. The monoisotopic (exact) mass is 735 g/mol. The number of carbonyl (C=O) groups excluding carboxylic acids is 6. The summed E-state index contributed by atoms with van der Waals surface area (Å²) in [5, 5.41) is 22.8. The number of nitrogens with zero attached hydrogens (tertiary/aromatic N) is 1. The van der Waals surface area contributed by atoms with Crippen molar-refractivity contribution in [1.29, 1.82) is 0 Å². The Morgan fingerprint density at radius 2 is 1.47 bits per heavy atom. The second-order valence-corrected chi connectivity index (χ2v) is 17.2. The van der Waals surface area contributed by atoms with E-state index in [2.05, 4.69) is 21.3 Å². The molecular formula is C41H61N5O7. The van der Waals surface area contributed by atoms with E-state index in [0.717, 1.165) is 57.8 Å². The van der Waals surface area contributed by atoms with Gasteiger partial charge < -0.3 is 31.3 Å². The van der Waals surface area contributed by atoms with Crippen LogP contribution in [-0.2, 0) is 34.4 Å². The van der Waals surface area contributed by atoms with Crippen LogP contribution in [0.5, 0.6) is 0 Å². The molecule has 292 valence electrons. The fraction of sp³-hybridized carbons (Fsp3) is 0.707. The summed E-state index contributed by atoms with van der Waals surface area (Å²) in [7, 11) is 0. The summed E-state index contributed by atoms with van der Waals surface area (Å²) in [5.74, 6) is -3.51. The van der Waals surface area contributed by atoms with Crippen LogP contribution in [0.25, 0.3) is 0 Å². The molecular weight excluding hydrogens is 674 g/mol. The number of aliphatic hydroxyl groups is 1. The van der Waals surface area contributed by atoms with Gasteiger partial charge in [0.05, 0.1) is 6.04 Å². The van der Waals surface area contributed by atoms with E-state index in [1.54, 1.807) is 35.2 Å². The second-order valence-electron chi connectivity index (χ2n) is 17.2. The molecule has 12 nitrogen and oxygen atoms in total. The van der Waals surface area contributed by atoms with Gasteiger partial charge in [0.2, 0.25) is 23.5 Å². The smallest absolute Gasteiger partial charge is 0.289 e. The van der Waals surface area contributed by atoms with Crippen LogP contribution in [0.1, 0.15) is 130 Å². The average molecular weight is 736 g/mol. The van der Waals surface area contributed by atoms with Gasteiger partial charge in [-0.25, -0.2) is 0 Å². The molecule has 2 unspecified atom stereocenters. The van der Waals surface area contributed by atoms with Crippen molar-refractivity contribution >= 4 is 35.3 Å². The molecule has 1 heterocycles. The number of benzene rings is 1. The quantitative estimate of drug-likeness (QED) is 0.181. The molecule has 0 bridgehead atoms. The summed E-state index contributed by atoms with van der Waals surface area (Å²) in [6, 6.07) is 4.48. The number of rotatable bonds is 14. The van der Waals surface area contributed by atoms with Crippen molar-refractivity contribution in [3.05, 3.63) is 35.9 Å². The van der Waals surface area contributed by atoms with Gasteiger partial charge in [0.1, 0.15) is 18.1 Å². The van der Waals surface area contributed by atoms with E-state index in [-0.39, 0.29) is 29.8 Å². The highest BCUT2D eigenvalue weighted by atomic mass is 16.3. The first-order chi connectivity index (χ1) is 25.1. The zero-order chi connectivity index (χ0) is 38.5. The van der Waals surface area contributed by atoms with Crippen LogP contribution in [0.2, 0.25) is 0 Å². The first kappa shape index (κ1) is 40.4. The van der Waals surface area contributed by atoms with Crippen LogP contribution in [0.3, 0.4) is 0 Å². The minimum atomic E-state index is -1.89. The Bertz CT molecular complexity index is 1500. The molecule has 1 aromatic carbocycles. The molecule has 5 rings (SSSR count). The second kappa shape index (κ2) is 17.1. The Balaban J connectivity index is 1.39. The topological polar surface area (TPSA) is 174 Å². The molecule has 1 aliphatic heterocycles. The van der Waals surface area contributed by atoms with Crippen molar-refractivity contribution in [2.45, 2.75) is 166 Å². The van der Waals surface area contributed by atoms with E-state index >= 15 is 0 Å². The molecule has 53 heavy (non-hydrogen) atoms. The Morgan fingerprint density at radius 3 is 2.09 bits per heavy atom. The number of hydrogen-bond donors (Lipinski definition) is 5. The molecule has 1 aromatic rings. The van der Waals surface area contributed by atoms with E-state index < -0.39 is 64.6 Å². The highest BCUT2D eigenvalue weighted by Crippen LogP contribution is 2.41. The van der Waals surface area contributed by atoms with E-state index in [1.807, 2.05) is 27.7 Å². The molecule has 0 aromatic heterocycles. The van der Waals surface area contributed by atoms with Crippen molar-refractivity contribution in [1.82, 2.24) is 26.2 Å². The molecule has 5 N–H and O–H groups in total. The van der Waals surface area contributed by atoms with Crippen LogP contribution in [0.15, 0.2) is 30.3 Å². The number of likely N-dealkylation sites (tertiary alicyclic amines) is 1. The number of fused-ring (bicyclic) bond motifs is 1. The van der Waals surface area contributed by atoms with Crippen molar-refractivity contribution in [2.75, 3.05) is 0 Å². The molecule has 3 saturated carbocycles. The fourth-order valence-electron chi connectivity index (χ4n) is 8.55. The molecule has 4 aliphatic rings. The predicted molar refractivity (Wildman–Crippen MR) is 200 cm³/mol. The van der Waals surface area contributed by atoms with Crippen molar-refractivity contribution in [3.63, 3.8) is 0 Å². The van der Waals surface area contributed by atoms with Crippen LogP contribution >= 0.6 is 0 Å². The van der Waals surface area contributed by atoms with Crippen molar-refractivity contribution in [2.24, 2.45) is 17.3 Å². The van der Waals surface area contributed by atoms with Gasteiger partial charge in [0.25, 0.3) is 11.8 Å². The Hall–Kier alpha value is -3.80. The SMILES string of the molecule is CCC[C@H](NC(=O)[C@H]1CC2CCCCC2N1C(=O)[C@@H](NC(=O)[C@@H](NC(=O)[C@@](C)(O)c1ccccc1)C1CCCCC1)C(C)(C)C)C(=O)C(=O)NC1CC1. The summed E-state index contributed by atoms with van der Waals surface area (Å²) in [4.78, 5) is 84.7. The lowest BCUT2D eigenvalue weighted by Gasteiger charge is -2.41. The number of nitrogens with one attached hydrogen (secondary N) is 4. The first-order valence-electron chi connectivity index (χ1n) is 20.0. The number of amides is 5. The number of carbonyl (C=O) groups is 6. The van der Waals surface area contributed by atoms with Gasteiger partial charge in [-0.2, -0.15) is 0 Å². The molecule has 5 amide bonds. The summed E-state index contributed by atoms with van der Waals surface area (Å²) in [6.45, 7) is 8.88. The third kappa shape index (κ3) is 9.66. The molecule has 12 heteroatoms.